The van der Waals surface area contributed by atoms with Crippen LogP contribution >= 0.6 is 11.6 Å². The second-order valence-corrected chi connectivity index (χ2v) is 6.41. The monoisotopic (exact) mass is 315 g/mol. The van der Waals surface area contributed by atoms with Crippen LogP contribution in [0.3, 0.4) is 0 Å². The molecule has 0 atom stereocenters. The maximum atomic E-state index is 12.3. The molecule has 0 spiro atoms. The van der Waals surface area contributed by atoms with Crippen LogP contribution in [-0.2, 0) is 17.1 Å². The highest BCUT2D eigenvalue weighted by Gasteiger charge is 2.25. The van der Waals surface area contributed by atoms with Crippen LogP contribution < -0.4 is 4.72 Å². The van der Waals surface area contributed by atoms with Crippen molar-refractivity contribution in [1.82, 2.24) is 9.78 Å². The predicted octanol–water partition coefficient (Wildman–Crippen LogP) is 2.20. The number of phenols is 1. The number of phenolic OH excluding ortho intramolecular Hbond substituents is 1. The average Bonchev–Trinajstić information content (AvgIpc) is 2.58. The van der Waals surface area contributed by atoms with Gasteiger partial charge in [-0.15, -0.1) is 0 Å². The first-order valence-electron chi connectivity index (χ1n) is 5.74. The maximum absolute atomic E-state index is 12.3. The zero-order valence-corrected chi connectivity index (χ0v) is 12.7. The van der Waals surface area contributed by atoms with E-state index in [2.05, 4.69) is 9.82 Å². The lowest BCUT2D eigenvalue weighted by molar-refractivity contribution is 0.471. The number of hydrogen-bond acceptors (Lipinski definition) is 4. The van der Waals surface area contributed by atoms with Gasteiger partial charge in [-0.1, -0.05) is 17.7 Å². The highest BCUT2D eigenvalue weighted by molar-refractivity contribution is 7.92. The summed E-state index contributed by atoms with van der Waals surface area (Å²) in [6.07, 6.45) is 0. The van der Waals surface area contributed by atoms with Crippen molar-refractivity contribution in [3.8, 4) is 5.75 Å². The van der Waals surface area contributed by atoms with Crippen molar-refractivity contribution in [3.63, 3.8) is 0 Å². The molecule has 1 aromatic carbocycles. The molecule has 1 aromatic heterocycles. The summed E-state index contributed by atoms with van der Waals surface area (Å²) in [7, 11) is -2.30. The van der Waals surface area contributed by atoms with Gasteiger partial charge in [-0.25, -0.2) is 8.42 Å². The minimum Gasteiger partial charge on any atom is -0.508 e. The van der Waals surface area contributed by atoms with E-state index >= 15 is 0 Å². The summed E-state index contributed by atoms with van der Waals surface area (Å²) in [4.78, 5) is -0.0678. The van der Waals surface area contributed by atoms with Gasteiger partial charge in [0.15, 0.2) is 0 Å². The fourth-order valence-corrected chi connectivity index (χ4v) is 3.60. The van der Waals surface area contributed by atoms with Gasteiger partial charge in [0.2, 0.25) is 0 Å². The topological polar surface area (TPSA) is 84.2 Å². The van der Waals surface area contributed by atoms with Crippen LogP contribution in [0.25, 0.3) is 0 Å². The second kappa shape index (κ2) is 4.99. The Kier molecular flexibility index (Phi) is 3.66. The number of aromatic hydroxyl groups is 1. The van der Waals surface area contributed by atoms with Gasteiger partial charge in [0.05, 0.1) is 11.4 Å². The van der Waals surface area contributed by atoms with Gasteiger partial charge in [0, 0.05) is 13.1 Å². The summed E-state index contributed by atoms with van der Waals surface area (Å²) >= 11 is 5.95. The Morgan fingerprint density at radius 1 is 1.35 bits per heavy atom. The quantitative estimate of drug-likeness (QED) is 0.909. The fraction of sp³-hybridized carbons (Fsp3) is 0.250. The van der Waals surface area contributed by atoms with Crippen molar-refractivity contribution >= 4 is 27.3 Å². The van der Waals surface area contributed by atoms with Crippen LogP contribution in [0, 0.1) is 13.8 Å². The molecule has 0 aliphatic rings. The first-order valence-corrected chi connectivity index (χ1v) is 7.60. The summed E-state index contributed by atoms with van der Waals surface area (Å²) < 4.78 is 28.3. The van der Waals surface area contributed by atoms with Gasteiger partial charge < -0.3 is 5.11 Å². The van der Waals surface area contributed by atoms with Crippen LogP contribution in [0.1, 0.15) is 11.3 Å². The number of benzene rings is 1. The zero-order chi connectivity index (χ0) is 15.1. The molecular weight excluding hydrogens is 302 g/mol. The van der Waals surface area contributed by atoms with E-state index < -0.39 is 10.0 Å². The molecule has 1 heterocycles. The highest BCUT2D eigenvalue weighted by Crippen LogP contribution is 2.28. The van der Waals surface area contributed by atoms with Gasteiger partial charge in [0.25, 0.3) is 10.0 Å². The number of aryl methyl sites for hydroxylation is 3. The Bertz CT molecular complexity index is 768. The van der Waals surface area contributed by atoms with E-state index in [1.807, 2.05) is 0 Å². The van der Waals surface area contributed by atoms with Crippen molar-refractivity contribution in [2.45, 2.75) is 18.7 Å². The summed E-state index contributed by atoms with van der Waals surface area (Å²) in [6.45, 7) is 3.28. The van der Waals surface area contributed by atoms with Crippen LogP contribution in [0.5, 0.6) is 5.75 Å². The van der Waals surface area contributed by atoms with Gasteiger partial charge in [-0.3, -0.25) is 9.40 Å². The predicted molar refractivity (Wildman–Crippen MR) is 76.6 cm³/mol. The summed E-state index contributed by atoms with van der Waals surface area (Å²) in [5, 5.41) is 13.6. The molecule has 0 amide bonds. The molecule has 2 N–H and O–H groups in total. The second-order valence-electron chi connectivity index (χ2n) is 4.44. The number of rotatable bonds is 3. The van der Waals surface area contributed by atoms with Crippen LogP contribution in [0.4, 0.5) is 5.69 Å². The molecule has 20 heavy (non-hydrogen) atoms. The Morgan fingerprint density at radius 3 is 2.50 bits per heavy atom. The van der Waals surface area contributed by atoms with Crippen molar-refractivity contribution < 1.29 is 13.5 Å². The minimum absolute atomic E-state index is 0.0132. The molecule has 6 nitrogen and oxygen atoms in total. The van der Waals surface area contributed by atoms with Gasteiger partial charge in [-0.05, 0) is 25.5 Å². The van der Waals surface area contributed by atoms with E-state index in [1.54, 1.807) is 33.0 Å². The Morgan fingerprint density at radius 2 is 2.00 bits per heavy atom. The number of halogens is 1. The number of anilines is 1. The van der Waals surface area contributed by atoms with E-state index in [-0.39, 0.29) is 21.5 Å². The van der Waals surface area contributed by atoms with Crippen molar-refractivity contribution in [2.24, 2.45) is 7.05 Å². The number of hydrogen-bond donors (Lipinski definition) is 2. The number of nitrogens with zero attached hydrogens (tertiary/aromatic N) is 2. The minimum atomic E-state index is -3.86. The largest absolute Gasteiger partial charge is 0.508 e. The van der Waals surface area contributed by atoms with E-state index in [0.717, 1.165) is 0 Å². The molecule has 0 unspecified atom stereocenters. The standard InChI is InChI=1S/C12H14ClN3O3S/c1-7-4-5-9(6-10(7)17)15-20(18,19)11-8(2)14-16(3)12(11)13/h4-6,15,17H,1-3H3. The first kappa shape index (κ1) is 14.7. The molecule has 2 rings (SSSR count). The molecule has 0 fully saturated rings. The summed E-state index contributed by atoms with van der Waals surface area (Å²) in [6, 6.07) is 4.52. The van der Waals surface area contributed by atoms with E-state index in [9.17, 15) is 13.5 Å². The zero-order valence-electron chi connectivity index (χ0n) is 11.2. The van der Waals surface area contributed by atoms with E-state index in [4.69, 9.17) is 11.6 Å². The lowest BCUT2D eigenvalue weighted by Crippen LogP contribution is -2.14. The molecule has 8 heteroatoms. The lowest BCUT2D eigenvalue weighted by atomic mass is 10.2. The smallest absolute Gasteiger partial charge is 0.266 e. The molecule has 108 valence electrons. The van der Waals surface area contributed by atoms with Crippen molar-refractivity contribution in [1.29, 1.82) is 0 Å². The Balaban J connectivity index is 2.43. The normalized spacial score (nSPS) is 11.6. The third-order valence-corrected chi connectivity index (χ3v) is 4.91. The molecule has 0 saturated carbocycles. The third-order valence-electron chi connectivity index (χ3n) is 2.83. The number of nitrogens with one attached hydrogen (secondary N) is 1. The van der Waals surface area contributed by atoms with Crippen LogP contribution in [0.2, 0.25) is 5.15 Å². The van der Waals surface area contributed by atoms with E-state index in [0.29, 0.717) is 11.3 Å². The van der Waals surface area contributed by atoms with Gasteiger partial charge in [-0.2, -0.15) is 5.10 Å². The highest BCUT2D eigenvalue weighted by atomic mass is 35.5. The number of sulfonamides is 1. The maximum Gasteiger partial charge on any atom is 0.266 e. The van der Waals surface area contributed by atoms with Gasteiger partial charge in [0.1, 0.15) is 15.8 Å². The van der Waals surface area contributed by atoms with Crippen LogP contribution in [-0.4, -0.2) is 23.3 Å². The molecular formula is C12H14ClN3O3S. The third kappa shape index (κ3) is 2.59. The fourth-order valence-electron chi connectivity index (χ4n) is 1.79. The Hall–Kier alpha value is -1.73. The van der Waals surface area contributed by atoms with Crippen molar-refractivity contribution in [2.75, 3.05) is 4.72 Å². The summed E-state index contributed by atoms with van der Waals surface area (Å²) in [5.41, 5.74) is 1.22. The van der Waals surface area contributed by atoms with Gasteiger partial charge >= 0.3 is 0 Å². The SMILES string of the molecule is Cc1ccc(NS(=O)(=O)c2c(C)nn(C)c2Cl)cc1O. The van der Waals surface area contributed by atoms with Crippen molar-refractivity contribution in [3.05, 3.63) is 34.6 Å². The molecule has 0 aliphatic carbocycles. The molecule has 2 aromatic rings. The lowest BCUT2D eigenvalue weighted by Gasteiger charge is -2.09. The molecule has 0 bridgehead atoms. The van der Waals surface area contributed by atoms with E-state index in [1.165, 1.54) is 10.7 Å². The average molecular weight is 316 g/mol. The number of aromatic nitrogens is 2. The Labute approximate surface area is 122 Å². The van der Waals surface area contributed by atoms with Crippen LogP contribution in [0.15, 0.2) is 23.1 Å². The molecule has 0 aliphatic heterocycles. The summed E-state index contributed by atoms with van der Waals surface area (Å²) in [5.74, 6) is 0.0132. The molecule has 0 saturated heterocycles. The first-order chi connectivity index (χ1) is 9.22. The molecule has 0 radical (unpaired) electrons.